The molecule has 274 valence electrons. The molecule has 6 N–H and O–H groups in total. The van der Waals surface area contributed by atoms with Crippen molar-refractivity contribution in [3.05, 3.63) is 18.2 Å². The van der Waals surface area contributed by atoms with Crippen molar-refractivity contribution < 1.29 is 34.2 Å². The molecule has 2 atom stereocenters. The number of carbonyl (C=O) groups is 5. The maximum absolute atomic E-state index is 13.0. The van der Waals surface area contributed by atoms with Crippen LogP contribution in [0.15, 0.2) is 12.5 Å². The number of aliphatic hydroxyl groups is 1. The summed E-state index contributed by atoms with van der Waals surface area (Å²) in [7, 11) is 0. The Hall–Kier alpha value is -3.08. The minimum atomic E-state index is -0.748. The number of aliphatic hydroxyl groups excluding tert-OH is 1. The summed E-state index contributed by atoms with van der Waals surface area (Å²) in [5, 5.41) is 21.0. The van der Waals surface area contributed by atoms with Gasteiger partial charge in [0.2, 0.25) is 11.8 Å². The fourth-order valence-corrected chi connectivity index (χ4v) is 5.98. The second kappa shape index (κ2) is 28.9. The number of nitrogens with zero attached hydrogens (tertiary/aromatic N) is 1. The number of amides is 2. The van der Waals surface area contributed by atoms with Crippen LogP contribution in [0.2, 0.25) is 0 Å². The summed E-state index contributed by atoms with van der Waals surface area (Å²) >= 11 is 0. The van der Waals surface area contributed by atoms with Crippen LogP contribution in [0.5, 0.6) is 0 Å². The standard InChI is InChI=1S/C37H64N4O7/c38-37(48)31(28-42)21-25-34(44)30(20-23-33(43)24-22-32-27-39-29-41-32)17-15-16-26-40-35(45)18-13-11-9-7-5-3-1-2-4-6-8-10-12-14-19-36(46)47/h27,29-31,42H,1-26,28H2,(H2,38,48)(H,39,41)(H,40,45)(H,46,47)/t30-,31+/m0/s1. The van der Waals surface area contributed by atoms with E-state index < -0.39 is 17.8 Å². The van der Waals surface area contributed by atoms with Gasteiger partial charge in [-0.1, -0.05) is 83.5 Å². The van der Waals surface area contributed by atoms with Gasteiger partial charge in [0.05, 0.1) is 18.9 Å². The summed E-state index contributed by atoms with van der Waals surface area (Å²) in [6, 6.07) is 0. The number of aliphatic carboxylic acids is 1. The Bertz CT molecular complexity index is 1020. The van der Waals surface area contributed by atoms with Crippen molar-refractivity contribution in [2.24, 2.45) is 17.6 Å². The molecule has 2 amide bonds. The molecule has 1 aromatic rings. The highest BCUT2D eigenvalue weighted by atomic mass is 16.4. The van der Waals surface area contributed by atoms with Crippen LogP contribution < -0.4 is 11.1 Å². The van der Waals surface area contributed by atoms with Gasteiger partial charge in [0.1, 0.15) is 11.6 Å². The van der Waals surface area contributed by atoms with Crippen LogP contribution in [0.1, 0.15) is 160 Å². The first kappa shape index (κ1) is 42.9. The third-order valence-corrected chi connectivity index (χ3v) is 9.16. The van der Waals surface area contributed by atoms with E-state index in [2.05, 4.69) is 15.3 Å². The Balaban J connectivity index is 2.13. The maximum Gasteiger partial charge on any atom is 0.303 e. The van der Waals surface area contributed by atoms with Gasteiger partial charge in [-0.2, -0.15) is 0 Å². The van der Waals surface area contributed by atoms with Gasteiger partial charge >= 0.3 is 5.97 Å². The average molecular weight is 677 g/mol. The lowest BCUT2D eigenvalue weighted by molar-refractivity contribution is -0.137. The zero-order valence-corrected chi connectivity index (χ0v) is 29.4. The molecule has 0 aliphatic heterocycles. The highest BCUT2D eigenvalue weighted by molar-refractivity contribution is 5.84. The molecule has 0 aromatic carbocycles. The third kappa shape index (κ3) is 24.1. The van der Waals surface area contributed by atoms with Crippen LogP contribution >= 0.6 is 0 Å². The van der Waals surface area contributed by atoms with Crippen molar-refractivity contribution in [3.63, 3.8) is 0 Å². The molecule has 0 spiro atoms. The van der Waals surface area contributed by atoms with Gasteiger partial charge in [0, 0.05) is 56.5 Å². The molecule has 11 nitrogen and oxygen atoms in total. The molecule has 48 heavy (non-hydrogen) atoms. The number of rotatable bonds is 34. The number of unbranched alkanes of at least 4 members (excludes halogenated alkanes) is 14. The normalized spacial score (nSPS) is 12.4. The van der Waals surface area contributed by atoms with E-state index in [1.54, 1.807) is 12.5 Å². The van der Waals surface area contributed by atoms with Gasteiger partial charge in [0.15, 0.2) is 0 Å². The number of aromatic nitrogens is 2. The highest BCUT2D eigenvalue weighted by Crippen LogP contribution is 2.21. The minimum Gasteiger partial charge on any atom is -0.481 e. The number of aromatic amines is 1. The number of carbonyl (C=O) groups excluding carboxylic acids is 4. The fourth-order valence-electron chi connectivity index (χ4n) is 5.98. The molecule has 0 saturated heterocycles. The highest BCUT2D eigenvalue weighted by Gasteiger charge is 2.22. The quantitative estimate of drug-likeness (QED) is 0.0520. The molecule has 0 aliphatic rings. The third-order valence-electron chi connectivity index (χ3n) is 9.16. The van der Waals surface area contributed by atoms with Crippen molar-refractivity contribution in [3.8, 4) is 0 Å². The van der Waals surface area contributed by atoms with Crippen LogP contribution in [-0.2, 0) is 30.4 Å². The minimum absolute atomic E-state index is 0.0154. The van der Waals surface area contributed by atoms with Gasteiger partial charge in [-0.3, -0.25) is 24.0 Å². The summed E-state index contributed by atoms with van der Waals surface area (Å²) in [6.07, 6.45) is 24.3. The topological polar surface area (TPSA) is 193 Å². The lowest BCUT2D eigenvalue weighted by Gasteiger charge is -2.17. The summed E-state index contributed by atoms with van der Waals surface area (Å²) in [5.74, 6) is -2.24. The van der Waals surface area contributed by atoms with Gasteiger partial charge in [-0.15, -0.1) is 0 Å². The number of hydrogen-bond donors (Lipinski definition) is 5. The number of primary amides is 1. The van der Waals surface area contributed by atoms with Crippen LogP contribution in [0.25, 0.3) is 0 Å². The number of nitrogens with two attached hydrogens (primary N) is 1. The first-order chi connectivity index (χ1) is 23.2. The number of carboxylic acids is 1. The van der Waals surface area contributed by atoms with E-state index in [1.165, 1.54) is 51.4 Å². The molecule has 1 aromatic heterocycles. The molecule has 1 heterocycles. The second-order valence-electron chi connectivity index (χ2n) is 13.3. The summed E-state index contributed by atoms with van der Waals surface area (Å²) in [6.45, 7) is 0.170. The summed E-state index contributed by atoms with van der Waals surface area (Å²) < 4.78 is 0. The molecule has 0 radical (unpaired) electrons. The molecule has 11 heteroatoms. The van der Waals surface area contributed by atoms with E-state index in [9.17, 15) is 29.1 Å². The zero-order chi connectivity index (χ0) is 35.2. The number of imidazole rings is 1. The maximum atomic E-state index is 13.0. The van der Waals surface area contributed by atoms with E-state index in [1.807, 2.05) is 0 Å². The van der Waals surface area contributed by atoms with E-state index in [-0.39, 0.29) is 42.8 Å². The molecule has 0 bridgehead atoms. The zero-order valence-electron chi connectivity index (χ0n) is 29.4. The summed E-state index contributed by atoms with van der Waals surface area (Å²) in [4.78, 5) is 66.7. The number of Topliss-reactive ketones (excluding diaryl/α,β-unsaturated/α-hetero) is 2. The predicted octanol–water partition coefficient (Wildman–Crippen LogP) is 6.36. The second-order valence-corrected chi connectivity index (χ2v) is 13.3. The SMILES string of the molecule is NC(=O)[C@@H](CO)CCC(=O)[C@@H](CCCCNC(=O)CCCCCCCCCCCCCCCCC(=O)O)CCC(=O)CCc1cnc[nH]1. The number of carboxylic acid groups (broad SMARTS) is 1. The van der Waals surface area contributed by atoms with Gasteiger partial charge in [-0.05, 0) is 44.9 Å². The number of aryl methyl sites for hydroxylation is 1. The van der Waals surface area contributed by atoms with Crippen LogP contribution in [0.3, 0.4) is 0 Å². The Kier molecular flexibility index (Phi) is 25.8. The number of ketones is 2. The molecular formula is C37H64N4O7. The monoisotopic (exact) mass is 676 g/mol. The molecular weight excluding hydrogens is 612 g/mol. The molecule has 0 unspecified atom stereocenters. The van der Waals surface area contributed by atoms with Crippen molar-refractivity contribution in [1.29, 1.82) is 0 Å². The number of hydrogen-bond acceptors (Lipinski definition) is 7. The van der Waals surface area contributed by atoms with Crippen LogP contribution in [-0.4, -0.2) is 62.7 Å². The van der Waals surface area contributed by atoms with E-state index in [0.717, 1.165) is 57.1 Å². The largest absolute Gasteiger partial charge is 0.481 e. The van der Waals surface area contributed by atoms with Crippen LogP contribution in [0, 0.1) is 11.8 Å². The van der Waals surface area contributed by atoms with Crippen molar-refractivity contribution in [2.75, 3.05) is 13.2 Å². The lowest BCUT2D eigenvalue weighted by Crippen LogP contribution is -2.28. The first-order valence-electron chi connectivity index (χ1n) is 18.6. The molecule has 0 saturated carbocycles. The van der Waals surface area contributed by atoms with Gasteiger partial charge in [-0.25, -0.2) is 4.98 Å². The van der Waals surface area contributed by atoms with Crippen molar-refractivity contribution >= 4 is 29.4 Å². The van der Waals surface area contributed by atoms with Crippen molar-refractivity contribution in [2.45, 2.75) is 161 Å². The Morgan fingerprint density at radius 2 is 1.25 bits per heavy atom. The van der Waals surface area contributed by atoms with Crippen molar-refractivity contribution in [1.82, 2.24) is 15.3 Å². The van der Waals surface area contributed by atoms with E-state index in [0.29, 0.717) is 51.5 Å². The molecule has 1 rings (SSSR count). The Labute approximate surface area is 288 Å². The van der Waals surface area contributed by atoms with Gasteiger partial charge in [0.25, 0.3) is 0 Å². The average Bonchev–Trinajstić information content (AvgIpc) is 3.58. The smallest absolute Gasteiger partial charge is 0.303 e. The summed E-state index contributed by atoms with van der Waals surface area (Å²) in [5.41, 5.74) is 6.21. The lowest BCUT2D eigenvalue weighted by atomic mass is 9.87. The fraction of sp³-hybridized carbons (Fsp3) is 0.784. The van der Waals surface area contributed by atoms with E-state index >= 15 is 0 Å². The van der Waals surface area contributed by atoms with Crippen LogP contribution in [0.4, 0.5) is 0 Å². The Morgan fingerprint density at radius 1 is 0.688 bits per heavy atom. The first-order valence-corrected chi connectivity index (χ1v) is 18.6. The number of H-pyrrole nitrogens is 1. The molecule has 0 fully saturated rings. The van der Waals surface area contributed by atoms with E-state index in [4.69, 9.17) is 10.8 Å². The van der Waals surface area contributed by atoms with Gasteiger partial charge < -0.3 is 26.2 Å². The predicted molar refractivity (Wildman–Crippen MR) is 187 cm³/mol. The number of nitrogens with one attached hydrogen (secondary N) is 2. The Morgan fingerprint density at radius 3 is 1.77 bits per heavy atom. The molecule has 0 aliphatic carbocycles.